The van der Waals surface area contributed by atoms with Crippen LogP contribution in [0.15, 0.2) is 22.9 Å². The van der Waals surface area contributed by atoms with Crippen LogP contribution in [0.3, 0.4) is 0 Å². The first-order valence-corrected chi connectivity index (χ1v) is 5.98. The van der Waals surface area contributed by atoms with Gasteiger partial charge in [0, 0.05) is 10.0 Å². The van der Waals surface area contributed by atoms with Crippen LogP contribution in [0.4, 0.5) is 4.39 Å². The zero-order chi connectivity index (χ0) is 12.4. The molecule has 90 valence electrons. The number of H-pyrrole nitrogens is 1. The SMILES string of the molecule is CNC(c1ncn[nH]1)c1ccc(Br)c(Cl)c1F. The van der Waals surface area contributed by atoms with Gasteiger partial charge < -0.3 is 5.32 Å². The Morgan fingerprint density at radius 1 is 1.53 bits per heavy atom. The summed E-state index contributed by atoms with van der Waals surface area (Å²) in [7, 11) is 1.71. The highest BCUT2D eigenvalue weighted by atomic mass is 79.9. The fraction of sp³-hybridized carbons (Fsp3) is 0.200. The zero-order valence-corrected chi connectivity index (χ0v) is 11.2. The minimum atomic E-state index is -0.475. The van der Waals surface area contributed by atoms with Crippen molar-refractivity contribution in [3.8, 4) is 0 Å². The lowest BCUT2D eigenvalue weighted by atomic mass is 10.1. The highest BCUT2D eigenvalue weighted by molar-refractivity contribution is 9.10. The van der Waals surface area contributed by atoms with Crippen molar-refractivity contribution in [1.29, 1.82) is 0 Å². The van der Waals surface area contributed by atoms with E-state index in [0.29, 0.717) is 15.9 Å². The summed E-state index contributed by atoms with van der Waals surface area (Å²) in [6.45, 7) is 0. The smallest absolute Gasteiger partial charge is 0.148 e. The molecule has 0 amide bonds. The van der Waals surface area contributed by atoms with E-state index >= 15 is 0 Å². The van der Waals surface area contributed by atoms with Gasteiger partial charge in [-0.25, -0.2) is 9.37 Å². The Hall–Kier alpha value is -0.980. The molecule has 1 aromatic heterocycles. The molecule has 1 heterocycles. The molecule has 2 rings (SSSR count). The van der Waals surface area contributed by atoms with Gasteiger partial charge in [-0.3, -0.25) is 5.10 Å². The van der Waals surface area contributed by atoms with Gasteiger partial charge in [-0.2, -0.15) is 5.10 Å². The summed E-state index contributed by atoms with van der Waals surface area (Å²) in [5, 5.41) is 9.47. The summed E-state index contributed by atoms with van der Waals surface area (Å²) in [5.41, 5.74) is 0.414. The van der Waals surface area contributed by atoms with Crippen LogP contribution < -0.4 is 5.32 Å². The summed E-state index contributed by atoms with van der Waals surface area (Å²) in [4.78, 5) is 4.01. The van der Waals surface area contributed by atoms with Gasteiger partial charge in [-0.05, 0) is 29.0 Å². The highest BCUT2D eigenvalue weighted by Crippen LogP contribution is 2.31. The molecule has 2 N–H and O–H groups in total. The molecule has 4 nitrogen and oxygen atoms in total. The minimum absolute atomic E-state index is 0.0577. The molecule has 17 heavy (non-hydrogen) atoms. The van der Waals surface area contributed by atoms with Gasteiger partial charge in [0.2, 0.25) is 0 Å². The molecule has 1 aromatic carbocycles. The number of nitrogens with one attached hydrogen (secondary N) is 2. The highest BCUT2D eigenvalue weighted by Gasteiger charge is 2.21. The number of benzene rings is 1. The molecule has 0 bridgehead atoms. The first kappa shape index (κ1) is 12.5. The average Bonchev–Trinajstić information content (AvgIpc) is 2.84. The van der Waals surface area contributed by atoms with Crippen molar-refractivity contribution >= 4 is 27.5 Å². The molecule has 0 aliphatic heterocycles. The van der Waals surface area contributed by atoms with E-state index in [0.717, 1.165) is 0 Å². The second-order valence-corrected chi connectivity index (χ2v) is 4.59. The number of rotatable bonds is 3. The Labute approximate surface area is 111 Å². The summed E-state index contributed by atoms with van der Waals surface area (Å²) in [5.74, 6) is 0.0570. The van der Waals surface area contributed by atoms with Crippen molar-refractivity contribution in [2.45, 2.75) is 6.04 Å². The Morgan fingerprint density at radius 3 is 2.88 bits per heavy atom. The quantitative estimate of drug-likeness (QED) is 0.855. The fourth-order valence-electron chi connectivity index (χ4n) is 1.56. The van der Waals surface area contributed by atoms with E-state index in [1.54, 1.807) is 19.2 Å². The summed E-state index contributed by atoms with van der Waals surface area (Å²) < 4.78 is 14.5. The van der Waals surface area contributed by atoms with Gasteiger partial charge in [0.05, 0.1) is 11.1 Å². The second-order valence-electron chi connectivity index (χ2n) is 3.36. The molecule has 0 radical (unpaired) electrons. The topological polar surface area (TPSA) is 53.6 Å². The number of halogens is 3. The van der Waals surface area contributed by atoms with Crippen molar-refractivity contribution in [2.75, 3.05) is 7.05 Å². The number of hydrogen-bond acceptors (Lipinski definition) is 3. The van der Waals surface area contributed by atoms with Crippen molar-refractivity contribution in [1.82, 2.24) is 20.5 Å². The number of nitrogens with zero attached hydrogens (tertiary/aromatic N) is 2. The van der Waals surface area contributed by atoms with Crippen LogP contribution >= 0.6 is 27.5 Å². The average molecular weight is 320 g/mol. The van der Waals surface area contributed by atoms with Crippen LogP contribution in [-0.2, 0) is 0 Å². The standard InChI is InChI=1S/C10H9BrClFN4/c1-14-9(10-15-4-16-17-10)5-2-3-6(11)7(12)8(5)13/h2-4,9,14H,1H3,(H,15,16,17). The van der Waals surface area contributed by atoms with E-state index in [9.17, 15) is 4.39 Å². The van der Waals surface area contributed by atoms with Gasteiger partial charge in [-0.15, -0.1) is 0 Å². The lowest BCUT2D eigenvalue weighted by Crippen LogP contribution is -2.20. The number of hydrogen-bond donors (Lipinski definition) is 2. The first-order valence-electron chi connectivity index (χ1n) is 4.81. The van der Waals surface area contributed by atoms with Crippen LogP contribution in [0.2, 0.25) is 5.02 Å². The van der Waals surface area contributed by atoms with Crippen molar-refractivity contribution in [3.63, 3.8) is 0 Å². The molecule has 0 saturated carbocycles. The Morgan fingerprint density at radius 2 is 2.29 bits per heavy atom. The Bertz CT molecular complexity index is 517. The van der Waals surface area contributed by atoms with E-state index in [-0.39, 0.29) is 5.02 Å². The summed E-state index contributed by atoms with van der Waals surface area (Å²) >= 11 is 9.02. The third-order valence-corrected chi connectivity index (χ3v) is 3.63. The van der Waals surface area contributed by atoms with Crippen molar-refractivity contribution < 1.29 is 4.39 Å². The molecule has 2 aromatic rings. The van der Waals surface area contributed by atoms with Crippen LogP contribution in [0, 0.1) is 5.82 Å². The van der Waals surface area contributed by atoms with E-state index in [2.05, 4.69) is 36.4 Å². The molecule has 0 fully saturated rings. The van der Waals surface area contributed by atoms with E-state index in [1.807, 2.05) is 0 Å². The maximum Gasteiger partial charge on any atom is 0.148 e. The monoisotopic (exact) mass is 318 g/mol. The molecule has 0 saturated heterocycles. The third-order valence-electron chi connectivity index (χ3n) is 2.37. The molecule has 0 aliphatic rings. The van der Waals surface area contributed by atoms with Crippen molar-refractivity contribution in [3.05, 3.63) is 45.2 Å². The van der Waals surface area contributed by atoms with Gasteiger partial charge >= 0.3 is 0 Å². The molecule has 1 atom stereocenters. The van der Waals surface area contributed by atoms with E-state index in [1.165, 1.54) is 6.33 Å². The molecular formula is C10H9BrClFN4. The van der Waals surface area contributed by atoms with Crippen molar-refractivity contribution in [2.24, 2.45) is 0 Å². The maximum atomic E-state index is 14.0. The summed E-state index contributed by atoms with van der Waals surface area (Å²) in [6.07, 6.45) is 1.37. The Balaban J connectivity index is 2.49. The number of aromatic nitrogens is 3. The fourth-order valence-corrected chi connectivity index (χ4v) is 2.04. The molecule has 1 unspecified atom stereocenters. The molecule has 7 heteroatoms. The maximum absolute atomic E-state index is 14.0. The molecule has 0 spiro atoms. The van der Waals surface area contributed by atoms with E-state index < -0.39 is 11.9 Å². The molecule has 0 aliphatic carbocycles. The van der Waals surface area contributed by atoms with Crippen LogP contribution in [0.1, 0.15) is 17.4 Å². The predicted octanol–water partition coefficient (Wildman–Crippen LogP) is 2.67. The van der Waals surface area contributed by atoms with E-state index in [4.69, 9.17) is 11.6 Å². The molecular weight excluding hydrogens is 310 g/mol. The summed E-state index contributed by atoms with van der Waals surface area (Å²) in [6, 6.07) is 2.93. The van der Waals surface area contributed by atoms with Crippen LogP contribution in [0.25, 0.3) is 0 Å². The van der Waals surface area contributed by atoms with Gasteiger partial charge in [-0.1, -0.05) is 17.7 Å². The minimum Gasteiger partial charge on any atom is -0.307 e. The van der Waals surface area contributed by atoms with Crippen LogP contribution in [-0.4, -0.2) is 22.2 Å². The predicted molar refractivity (Wildman–Crippen MR) is 66.4 cm³/mol. The first-order chi connectivity index (χ1) is 8.15. The lowest BCUT2D eigenvalue weighted by molar-refractivity contribution is 0.563. The zero-order valence-electron chi connectivity index (χ0n) is 8.84. The van der Waals surface area contributed by atoms with Crippen LogP contribution in [0.5, 0.6) is 0 Å². The lowest BCUT2D eigenvalue weighted by Gasteiger charge is -2.15. The van der Waals surface area contributed by atoms with Gasteiger partial charge in [0.1, 0.15) is 18.0 Å². The second kappa shape index (κ2) is 5.12. The van der Waals surface area contributed by atoms with Gasteiger partial charge in [0.15, 0.2) is 0 Å². The van der Waals surface area contributed by atoms with Gasteiger partial charge in [0.25, 0.3) is 0 Å². The Kier molecular flexibility index (Phi) is 3.76. The third kappa shape index (κ3) is 2.34. The largest absolute Gasteiger partial charge is 0.307 e. The normalized spacial score (nSPS) is 12.7. The number of aromatic amines is 1.